The predicted octanol–water partition coefficient (Wildman–Crippen LogP) is 6.73. The second-order valence-corrected chi connectivity index (χ2v) is 7.36. The zero-order valence-electron chi connectivity index (χ0n) is 19.8. The molecule has 2 aromatic rings. The van der Waals surface area contributed by atoms with E-state index in [9.17, 15) is 9.59 Å². The monoisotopic (exact) mass is 454 g/mol. The third-order valence-corrected chi connectivity index (χ3v) is 4.69. The lowest BCUT2D eigenvalue weighted by Crippen LogP contribution is -2.21. The number of nitrogens with one attached hydrogen (secondary N) is 2. The first kappa shape index (κ1) is 25.9. The van der Waals surface area contributed by atoms with Gasteiger partial charge in [-0.15, -0.1) is 0 Å². The van der Waals surface area contributed by atoms with Crippen molar-refractivity contribution in [2.75, 3.05) is 7.05 Å². The highest BCUT2D eigenvalue weighted by atomic mass is 16.1. The summed E-state index contributed by atoms with van der Waals surface area (Å²) in [5, 5.41) is 14.1. The number of hydrogen-bond acceptors (Lipinski definition) is 5. The molecule has 0 saturated carbocycles. The summed E-state index contributed by atoms with van der Waals surface area (Å²) in [6, 6.07) is 13.7. The molecule has 1 amide bonds. The summed E-state index contributed by atoms with van der Waals surface area (Å²) < 4.78 is 0. The number of carbonyl (C=O) groups excluding carboxylic acids is 2. The minimum Gasteiger partial charge on any atom is -0.389 e. The number of amides is 1. The van der Waals surface area contributed by atoms with Crippen molar-refractivity contribution in [3.63, 3.8) is 0 Å². The van der Waals surface area contributed by atoms with Gasteiger partial charge < -0.3 is 10.6 Å². The molecule has 2 aromatic carbocycles. The second kappa shape index (κ2) is 14.0. The van der Waals surface area contributed by atoms with Gasteiger partial charge in [0, 0.05) is 29.6 Å². The first-order chi connectivity index (χ1) is 16.4. The van der Waals surface area contributed by atoms with Gasteiger partial charge in [0.15, 0.2) is 0 Å². The first-order valence-corrected chi connectivity index (χ1v) is 10.9. The van der Waals surface area contributed by atoms with Gasteiger partial charge in [-0.25, -0.2) is 0 Å². The van der Waals surface area contributed by atoms with Crippen molar-refractivity contribution in [1.82, 2.24) is 10.6 Å². The van der Waals surface area contributed by atoms with Crippen LogP contribution < -0.4 is 10.6 Å². The Kier molecular flexibility index (Phi) is 10.6. The smallest absolute Gasteiger partial charge is 0.255 e. The Morgan fingerprint density at radius 3 is 2.12 bits per heavy atom. The summed E-state index contributed by atoms with van der Waals surface area (Å²) in [4.78, 5) is 23.0. The summed E-state index contributed by atoms with van der Waals surface area (Å²) in [7, 11) is 1.85. The lowest BCUT2D eigenvalue weighted by molar-refractivity contribution is 0.0966. The molecule has 0 bridgehead atoms. The molecule has 2 N–H and O–H groups in total. The molecule has 3 rings (SSSR count). The van der Waals surface area contributed by atoms with E-state index in [1.165, 1.54) is 5.57 Å². The van der Waals surface area contributed by atoms with Gasteiger partial charge in [0.2, 0.25) is 0 Å². The van der Waals surface area contributed by atoms with E-state index >= 15 is 0 Å². The van der Waals surface area contributed by atoms with Gasteiger partial charge in [0.05, 0.1) is 11.4 Å². The van der Waals surface area contributed by atoms with E-state index in [1.54, 1.807) is 48.5 Å². The Bertz CT molecular complexity index is 1140. The molecule has 0 spiro atoms. The van der Waals surface area contributed by atoms with E-state index in [2.05, 4.69) is 33.5 Å². The molecule has 174 valence electrons. The molecule has 1 aliphatic rings. The molecule has 0 heterocycles. The van der Waals surface area contributed by atoms with Crippen LogP contribution in [0.5, 0.6) is 0 Å². The Hall–Kier alpha value is -4.32. The Morgan fingerprint density at radius 2 is 1.59 bits per heavy atom. The number of likely N-dealkylation sites (N-methyl/N-ethyl adjacent to an activating group) is 1. The fourth-order valence-electron chi connectivity index (χ4n) is 2.72. The standard InChI is InChI=1S/C22H19N3O2.C6H11N/c1-16-3-2-4-19(10-5-16)23-22(27)18-8-13-21(14-9-18)25-24-20-11-6-17(15-26)7-12-20;1-4-5-6(2)7-3/h3-15H,2H2,1H3,(H,23,27);4-5,7H,2H2,1,3H3/b;5-4-. The van der Waals surface area contributed by atoms with Crippen LogP contribution in [0.3, 0.4) is 0 Å². The summed E-state index contributed by atoms with van der Waals surface area (Å²) in [5.74, 6) is -0.168. The van der Waals surface area contributed by atoms with Crippen LogP contribution in [0.2, 0.25) is 0 Å². The lowest BCUT2D eigenvalue weighted by atomic mass is 10.2. The van der Waals surface area contributed by atoms with Crippen LogP contribution in [0.1, 0.15) is 41.0 Å². The molecule has 0 aromatic heterocycles. The summed E-state index contributed by atoms with van der Waals surface area (Å²) in [6.45, 7) is 7.65. The Labute approximate surface area is 201 Å². The fourth-order valence-corrected chi connectivity index (χ4v) is 2.72. The van der Waals surface area contributed by atoms with Crippen LogP contribution >= 0.6 is 0 Å². The van der Waals surface area contributed by atoms with Gasteiger partial charge >= 0.3 is 0 Å². The highest BCUT2D eigenvalue weighted by molar-refractivity contribution is 5.95. The number of aldehydes is 1. The van der Waals surface area contributed by atoms with Crippen LogP contribution in [0.25, 0.3) is 0 Å². The normalized spacial score (nSPS) is 12.8. The predicted molar refractivity (Wildman–Crippen MR) is 139 cm³/mol. The van der Waals surface area contributed by atoms with E-state index in [-0.39, 0.29) is 5.91 Å². The number of allylic oxidation sites excluding steroid dienone is 7. The largest absolute Gasteiger partial charge is 0.389 e. The number of hydrogen-bond donors (Lipinski definition) is 2. The van der Waals surface area contributed by atoms with Crippen molar-refractivity contribution in [3.8, 4) is 0 Å². The van der Waals surface area contributed by atoms with Crippen LogP contribution in [-0.4, -0.2) is 19.2 Å². The molecule has 6 nitrogen and oxygen atoms in total. The average molecular weight is 455 g/mol. The SMILES string of the molecule is C=C(/C=C\C)NC.CC1=CCC=C(NC(=O)c2ccc(N=Nc3ccc(C=O)cc3)cc2)C=C1. The number of nitrogens with zero attached hydrogens (tertiary/aromatic N) is 2. The zero-order chi connectivity index (χ0) is 24.8. The minimum atomic E-state index is -0.168. The van der Waals surface area contributed by atoms with E-state index in [1.807, 2.05) is 51.3 Å². The molecule has 6 heteroatoms. The molecule has 0 saturated heterocycles. The highest BCUT2D eigenvalue weighted by Gasteiger charge is 2.07. The third-order valence-electron chi connectivity index (χ3n) is 4.69. The maximum absolute atomic E-state index is 12.4. The molecule has 0 unspecified atom stereocenters. The number of azo groups is 1. The van der Waals surface area contributed by atoms with Gasteiger partial charge in [0.1, 0.15) is 6.29 Å². The topological polar surface area (TPSA) is 82.9 Å². The van der Waals surface area contributed by atoms with Crippen LogP contribution in [0.15, 0.2) is 119 Å². The van der Waals surface area contributed by atoms with E-state index in [0.717, 1.165) is 24.1 Å². The number of rotatable bonds is 7. The van der Waals surface area contributed by atoms with Crippen molar-refractivity contribution < 1.29 is 9.59 Å². The van der Waals surface area contributed by atoms with E-state index < -0.39 is 0 Å². The first-order valence-electron chi connectivity index (χ1n) is 10.9. The molecule has 34 heavy (non-hydrogen) atoms. The quantitative estimate of drug-likeness (QED) is 0.276. The van der Waals surface area contributed by atoms with Crippen molar-refractivity contribution in [2.45, 2.75) is 20.3 Å². The summed E-state index contributed by atoms with van der Waals surface area (Å²) in [5.41, 5.74) is 5.34. The summed E-state index contributed by atoms with van der Waals surface area (Å²) >= 11 is 0. The minimum absolute atomic E-state index is 0.168. The molecule has 0 atom stereocenters. The third kappa shape index (κ3) is 9.04. The van der Waals surface area contributed by atoms with Crippen molar-refractivity contribution in [2.24, 2.45) is 10.2 Å². The van der Waals surface area contributed by atoms with Crippen LogP contribution in [-0.2, 0) is 0 Å². The van der Waals surface area contributed by atoms with E-state index in [4.69, 9.17) is 0 Å². The van der Waals surface area contributed by atoms with Gasteiger partial charge in [-0.2, -0.15) is 10.2 Å². The average Bonchev–Trinajstić information content (AvgIpc) is 3.07. The van der Waals surface area contributed by atoms with Crippen LogP contribution in [0.4, 0.5) is 11.4 Å². The molecule has 0 aliphatic heterocycles. The zero-order valence-corrected chi connectivity index (χ0v) is 19.8. The van der Waals surface area contributed by atoms with Crippen molar-refractivity contribution >= 4 is 23.6 Å². The summed E-state index contributed by atoms with van der Waals surface area (Å²) in [6.07, 6.45) is 13.4. The van der Waals surface area contributed by atoms with E-state index in [0.29, 0.717) is 22.5 Å². The molecular weight excluding hydrogens is 424 g/mol. The van der Waals surface area contributed by atoms with Gasteiger partial charge in [-0.05, 0) is 81.0 Å². The second-order valence-electron chi connectivity index (χ2n) is 7.36. The molecule has 0 radical (unpaired) electrons. The fraction of sp³-hybridized carbons (Fsp3) is 0.143. The molecule has 1 aliphatic carbocycles. The Balaban J connectivity index is 0.000000509. The maximum atomic E-state index is 12.4. The van der Waals surface area contributed by atoms with Crippen LogP contribution in [0, 0.1) is 0 Å². The maximum Gasteiger partial charge on any atom is 0.255 e. The van der Waals surface area contributed by atoms with Crippen molar-refractivity contribution in [1.29, 1.82) is 0 Å². The molecule has 0 fully saturated rings. The Morgan fingerprint density at radius 1 is 0.971 bits per heavy atom. The highest BCUT2D eigenvalue weighted by Crippen LogP contribution is 2.19. The van der Waals surface area contributed by atoms with Gasteiger partial charge in [0.25, 0.3) is 5.91 Å². The molecular formula is C28H30N4O2. The number of carbonyl (C=O) groups is 2. The van der Waals surface area contributed by atoms with Crippen molar-refractivity contribution in [3.05, 3.63) is 120 Å². The van der Waals surface area contributed by atoms with Gasteiger partial charge in [-0.1, -0.05) is 36.5 Å². The lowest BCUT2D eigenvalue weighted by Gasteiger charge is -2.06. The van der Waals surface area contributed by atoms with Gasteiger partial charge in [-0.3, -0.25) is 9.59 Å². The number of benzene rings is 2.